The first-order valence-corrected chi connectivity index (χ1v) is 12.0. The quantitative estimate of drug-likeness (QED) is 0.368. The first-order chi connectivity index (χ1) is 15.6. The van der Waals surface area contributed by atoms with E-state index in [0.29, 0.717) is 17.6 Å². The lowest BCUT2D eigenvalue weighted by molar-refractivity contribution is -0.186. The molecule has 0 bridgehead atoms. The van der Waals surface area contributed by atoms with Gasteiger partial charge in [-0.3, -0.25) is 9.59 Å². The van der Waals surface area contributed by atoms with Crippen LogP contribution in [0.3, 0.4) is 0 Å². The number of carbonyl (C=O) groups excluding carboxylic acids is 3. The molecular formula is C27H36O7. The van der Waals surface area contributed by atoms with Crippen LogP contribution in [0.5, 0.6) is 0 Å². The van der Waals surface area contributed by atoms with Crippen molar-refractivity contribution < 1.29 is 34.1 Å². The third-order valence-electron chi connectivity index (χ3n) is 8.80. The second-order valence-corrected chi connectivity index (χ2v) is 11.6. The van der Waals surface area contributed by atoms with Gasteiger partial charge in [-0.25, -0.2) is 4.79 Å². The summed E-state index contributed by atoms with van der Waals surface area (Å²) in [6, 6.07) is 0. The maximum Gasteiger partial charge on any atom is 0.330 e. The molecule has 4 aliphatic rings. The van der Waals surface area contributed by atoms with Gasteiger partial charge in [0.05, 0.1) is 5.60 Å². The number of allylic oxidation sites excluding steroid dienone is 1. The molecule has 0 aliphatic heterocycles. The van der Waals surface area contributed by atoms with Crippen LogP contribution in [0.4, 0.5) is 0 Å². The number of hydrogen-bond acceptors (Lipinski definition) is 7. The highest BCUT2D eigenvalue weighted by Crippen LogP contribution is 2.76. The molecule has 7 heteroatoms. The van der Waals surface area contributed by atoms with Crippen molar-refractivity contribution in [2.75, 3.05) is 6.61 Å². The van der Waals surface area contributed by atoms with Gasteiger partial charge in [-0.05, 0) is 44.3 Å². The van der Waals surface area contributed by atoms with E-state index in [1.54, 1.807) is 26.8 Å². The van der Waals surface area contributed by atoms with Crippen molar-refractivity contribution in [3.63, 3.8) is 0 Å². The van der Waals surface area contributed by atoms with Gasteiger partial charge in [-0.1, -0.05) is 38.5 Å². The Morgan fingerprint density at radius 3 is 2.41 bits per heavy atom. The van der Waals surface area contributed by atoms with E-state index < -0.39 is 45.8 Å². The number of hydrogen-bond donors (Lipinski definition) is 2. The summed E-state index contributed by atoms with van der Waals surface area (Å²) in [5.41, 5.74) is -2.61. The number of carbonyl (C=O) groups is 3. The summed E-state index contributed by atoms with van der Waals surface area (Å²) in [5, 5.41) is 24.1. The van der Waals surface area contributed by atoms with Crippen LogP contribution in [-0.2, 0) is 23.9 Å². The molecular weight excluding hydrogens is 436 g/mol. The van der Waals surface area contributed by atoms with Crippen molar-refractivity contribution in [3.8, 4) is 0 Å². The van der Waals surface area contributed by atoms with E-state index in [2.05, 4.69) is 0 Å². The number of aliphatic hydroxyl groups is 2. The fourth-order valence-electron chi connectivity index (χ4n) is 7.29. The largest absolute Gasteiger partial charge is 0.458 e. The van der Waals surface area contributed by atoms with Gasteiger partial charge in [0.15, 0.2) is 5.78 Å². The first kappa shape index (κ1) is 24.9. The molecule has 2 N–H and O–H groups in total. The highest BCUT2D eigenvalue weighted by molar-refractivity contribution is 6.04. The Bertz CT molecular complexity index is 1050. The van der Waals surface area contributed by atoms with Gasteiger partial charge in [0, 0.05) is 42.6 Å². The van der Waals surface area contributed by atoms with Crippen LogP contribution in [0, 0.1) is 29.1 Å². The Kier molecular flexibility index (Phi) is 5.57. The molecule has 0 aromatic carbocycles. The van der Waals surface area contributed by atoms with Crippen molar-refractivity contribution >= 4 is 17.7 Å². The average molecular weight is 473 g/mol. The summed E-state index contributed by atoms with van der Waals surface area (Å²) < 4.78 is 11.4. The summed E-state index contributed by atoms with van der Waals surface area (Å²) in [6.45, 7) is 12.5. The van der Waals surface area contributed by atoms with Gasteiger partial charge < -0.3 is 19.7 Å². The van der Waals surface area contributed by atoms with Crippen molar-refractivity contribution in [2.24, 2.45) is 29.1 Å². The molecule has 0 amide bonds. The summed E-state index contributed by atoms with van der Waals surface area (Å²) >= 11 is 0. The van der Waals surface area contributed by atoms with E-state index in [4.69, 9.17) is 9.47 Å². The van der Waals surface area contributed by atoms with Gasteiger partial charge in [-0.15, -0.1) is 0 Å². The zero-order chi connectivity index (χ0) is 25.4. The number of rotatable bonds is 4. The SMILES string of the molecule is CC(=O)O[C@@]12C[C@@H](C)[C@@]3(O)[C@@H](C=C(COC(=O)C=C(C)C)C[C@]4(O)C(=O)C(C)=C[C@@H]34)[C@@H]1C2(C)C. The third-order valence-corrected chi connectivity index (χ3v) is 8.80. The standard InChI is InChI=1S/C27H36O7/c1-14(2)8-21(29)33-13-18-10-19-22-24(6,7)26(22,34-17(5)28)11-16(4)27(19,32)20-9-15(3)23(30)25(20,31)12-18/h8-10,16,19-20,22,31-32H,11-13H2,1-7H3/t16-,19+,20-,22-,25-,26+,27-/m1/s1. The maximum atomic E-state index is 13.2. The minimum Gasteiger partial charge on any atom is -0.458 e. The summed E-state index contributed by atoms with van der Waals surface area (Å²) in [5.74, 6) is -3.19. The van der Waals surface area contributed by atoms with E-state index in [0.717, 1.165) is 5.57 Å². The van der Waals surface area contributed by atoms with Crippen LogP contribution in [-0.4, -0.2) is 51.3 Å². The predicted octanol–water partition coefficient (Wildman–Crippen LogP) is 3.05. The second-order valence-electron chi connectivity index (χ2n) is 11.6. The molecule has 4 rings (SSSR count). The first-order valence-electron chi connectivity index (χ1n) is 12.0. The second kappa shape index (κ2) is 7.62. The fraction of sp³-hybridized carbons (Fsp3) is 0.667. The fourth-order valence-corrected chi connectivity index (χ4v) is 7.29. The Morgan fingerprint density at radius 1 is 1.18 bits per heavy atom. The highest BCUT2D eigenvalue weighted by atomic mass is 16.6. The minimum absolute atomic E-state index is 0.0360. The summed E-state index contributed by atoms with van der Waals surface area (Å²) in [7, 11) is 0. The van der Waals surface area contributed by atoms with E-state index >= 15 is 0 Å². The number of fused-ring (bicyclic) bond motifs is 5. The number of Topliss-reactive ketones (excluding diaryl/α,β-unsaturated/α-hetero) is 1. The zero-order valence-corrected chi connectivity index (χ0v) is 21.1. The lowest BCUT2D eigenvalue weighted by atomic mass is 9.60. The average Bonchev–Trinajstić information content (AvgIpc) is 3.10. The van der Waals surface area contributed by atoms with E-state index in [1.165, 1.54) is 13.0 Å². The summed E-state index contributed by atoms with van der Waals surface area (Å²) in [4.78, 5) is 37.4. The van der Waals surface area contributed by atoms with Crippen molar-refractivity contribution in [3.05, 3.63) is 34.9 Å². The number of ether oxygens (including phenoxy) is 2. The molecule has 186 valence electrons. The van der Waals surface area contributed by atoms with Crippen LogP contribution in [0.1, 0.15) is 61.3 Å². The zero-order valence-electron chi connectivity index (χ0n) is 21.1. The summed E-state index contributed by atoms with van der Waals surface area (Å²) in [6.07, 6.45) is 5.35. The van der Waals surface area contributed by atoms with E-state index in [-0.39, 0.29) is 30.8 Å². The van der Waals surface area contributed by atoms with Gasteiger partial charge in [0.25, 0.3) is 0 Å². The van der Waals surface area contributed by atoms with Crippen LogP contribution < -0.4 is 0 Å². The molecule has 0 radical (unpaired) electrons. The molecule has 0 aromatic heterocycles. The van der Waals surface area contributed by atoms with Crippen LogP contribution in [0.15, 0.2) is 34.9 Å². The third kappa shape index (κ3) is 3.27. The Hall–Kier alpha value is -2.25. The molecule has 4 aliphatic carbocycles. The monoisotopic (exact) mass is 472 g/mol. The van der Waals surface area contributed by atoms with E-state index in [9.17, 15) is 24.6 Å². The molecule has 34 heavy (non-hydrogen) atoms. The van der Waals surface area contributed by atoms with Crippen LogP contribution in [0.25, 0.3) is 0 Å². The van der Waals surface area contributed by atoms with Gasteiger partial charge in [0.1, 0.15) is 17.8 Å². The van der Waals surface area contributed by atoms with Crippen molar-refractivity contribution in [1.82, 2.24) is 0 Å². The lowest BCUT2D eigenvalue weighted by Gasteiger charge is -2.50. The van der Waals surface area contributed by atoms with Crippen LogP contribution >= 0.6 is 0 Å². The molecule has 2 saturated carbocycles. The Balaban J connectivity index is 1.81. The Morgan fingerprint density at radius 2 is 1.82 bits per heavy atom. The minimum atomic E-state index is -1.82. The lowest BCUT2D eigenvalue weighted by Crippen LogP contribution is -2.61. The van der Waals surface area contributed by atoms with E-state index in [1.807, 2.05) is 26.8 Å². The highest BCUT2D eigenvalue weighted by Gasteiger charge is 2.83. The van der Waals surface area contributed by atoms with Gasteiger partial charge in [-0.2, -0.15) is 0 Å². The molecule has 2 fully saturated rings. The normalized spacial score (nSPS) is 41.6. The smallest absolute Gasteiger partial charge is 0.330 e. The molecule has 0 spiro atoms. The molecule has 0 heterocycles. The number of esters is 2. The van der Waals surface area contributed by atoms with Gasteiger partial charge in [0.2, 0.25) is 0 Å². The predicted molar refractivity (Wildman–Crippen MR) is 124 cm³/mol. The molecule has 0 saturated heterocycles. The van der Waals surface area contributed by atoms with Crippen LogP contribution in [0.2, 0.25) is 0 Å². The molecule has 0 unspecified atom stereocenters. The topological polar surface area (TPSA) is 110 Å². The maximum absolute atomic E-state index is 13.2. The van der Waals surface area contributed by atoms with Crippen molar-refractivity contribution in [1.29, 1.82) is 0 Å². The van der Waals surface area contributed by atoms with Crippen molar-refractivity contribution in [2.45, 2.75) is 78.1 Å². The molecule has 7 nitrogen and oxygen atoms in total. The molecule has 7 atom stereocenters. The number of ketones is 1. The van der Waals surface area contributed by atoms with Gasteiger partial charge >= 0.3 is 11.9 Å². The Labute approximate surface area is 200 Å². The molecule has 0 aromatic rings.